The predicted octanol–water partition coefficient (Wildman–Crippen LogP) is 3.14. The van der Waals surface area contributed by atoms with E-state index in [0.717, 1.165) is 12.1 Å². The maximum atomic E-state index is 12.8. The largest absolute Gasteiger partial charge is 0.416 e. The summed E-state index contributed by atoms with van der Waals surface area (Å²) in [6.45, 7) is 0.0396. The van der Waals surface area contributed by atoms with Crippen molar-refractivity contribution in [1.82, 2.24) is 14.9 Å². The second-order valence-corrected chi connectivity index (χ2v) is 6.15. The van der Waals surface area contributed by atoms with Crippen LogP contribution in [0.3, 0.4) is 0 Å². The van der Waals surface area contributed by atoms with Gasteiger partial charge in [-0.15, -0.1) is 0 Å². The maximum absolute atomic E-state index is 12.8. The minimum absolute atomic E-state index is 0.0396. The summed E-state index contributed by atoms with van der Waals surface area (Å²) in [4.78, 5) is 32.7. The van der Waals surface area contributed by atoms with Gasteiger partial charge in [-0.3, -0.25) is 9.59 Å². The van der Waals surface area contributed by atoms with Crippen LogP contribution in [0.1, 0.15) is 17.0 Å². The first kappa shape index (κ1) is 18.6. The Labute approximate surface area is 152 Å². The molecule has 8 heteroatoms. The Kier molecular flexibility index (Phi) is 4.98. The van der Waals surface area contributed by atoms with E-state index >= 15 is 0 Å². The molecule has 0 saturated heterocycles. The standard InChI is InChI=1S/C19H16F3N3O2/c1-25(11-16-23-15-8-3-2-7-14(15)18(27)24-16)17(26)10-12-5-4-6-13(9-12)19(20,21)22/h2-9H,10-11H2,1H3,(H,23,24,27). The van der Waals surface area contributed by atoms with Crippen molar-refractivity contribution >= 4 is 16.8 Å². The van der Waals surface area contributed by atoms with E-state index in [1.165, 1.54) is 24.1 Å². The summed E-state index contributed by atoms with van der Waals surface area (Å²) in [7, 11) is 1.51. The van der Waals surface area contributed by atoms with Crippen LogP contribution in [0.2, 0.25) is 0 Å². The Morgan fingerprint density at radius 3 is 2.63 bits per heavy atom. The molecule has 0 atom stereocenters. The first-order valence-corrected chi connectivity index (χ1v) is 8.12. The van der Waals surface area contributed by atoms with E-state index in [-0.39, 0.29) is 30.0 Å². The molecule has 5 nitrogen and oxygen atoms in total. The molecule has 0 bridgehead atoms. The smallest absolute Gasteiger partial charge is 0.338 e. The molecule has 0 fully saturated rings. The fraction of sp³-hybridized carbons (Fsp3) is 0.211. The second kappa shape index (κ2) is 7.22. The van der Waals surface area contributed by atoms with Crippen LogP contribution in [0.5, 0.6) is 0 Å². The lowest BCUT2D eigenvalue weighted by Gasteiger charge is -2.17. The first-order valence-electron chi connectivity index (χ1n) is 8.12. The van der Waals surface area contributed by atoms with Gasteiger partial charge in [-0.25, -0.2) is 4.98 Å². The molecule has 1 heterocycles. The third kappa shape index (κ3) is 4.33. The van der Waals surface area contributed by atoms with Crippen molar-refractivity contribution in [2.45, 2.75) is 19.1 Å². The van der Waals surface area contributed by atoms with Crippen LogP contribution in [0.25, 0.3) is 10.9 Å². The van der Waals surface area contributed by atoms with Crippen molar-refractivity contribution in [3.63, 3.8) is 0 Å². The van der Waals surface area contributed by atoms with Gasteiger partial charge < -0.3 is 9.88 Å². The van der Waals surface area contributed by atoms with E-state index in [4.69, 9.17) is 0 Å². The van der Waals surface area contributed by atoms with Crippen LogP contribution in [-0.4, -0.2) is 27.8 Å². The van der Waals surface area contributed by atoms with Crippen molar-refractivity contribution < 1.29 is 18.0 Å². The zero-order valence-electron chi connectivity index (χ0n) is 14.4. The van der Waals surface area contributed by atoms with Crippen LogP contribution >= 0.6 is 0 Å². The molecule has 27 heavy (non-hydrogen) atoms. The van der Waals surface area contributed by atoms with Gasteiger partial charge in [0.15, 0.2) is 0 Å². The molecule has 1 N–H and O–H groups in total. The van der Waals surface area contributed by atoms with Gasteiger partial charge in [-0.1, -0.05) is 30.3 Å². The number of rotatable bonds is 4. The summed E-state index contributed by atoms with van der Waals surface area (Å²) in [6.07, 6.45) is -4.64. The number of alkyl halides is 3. The number of halogens is 3. The van der Waals surface area contributed by atoms with Crippen molar-refractivity contribution in [3.8, 4) is 0 Å². The number of nitrogens with one attached hydrogen (secondary N) is 1. The van der Waals surface area contributed by atoms with Crippen LogP contribution < -0.4 is 5.56 Å². The Morgan fingerprint density at radius 2 is 1.89 bits per heavy atom. The molecule has 3 rings (SSSR count). The fourth-order valence-electron chi connectivity index (χ4n) is 2.69. The molecule has 0 spiro atoms. The first-order chi connectivity index (χ1) is 12.7. The summed E-state index contributed by atoms with van der Waals surface area (Å²) in [6, 6.07) is 11.5. The van der Waals surface area contributed by atoms with E-state index in [1.807, 2.05) is 0 Å². The minimum Gasteiger partial charge on any atom is -0.338 e. The summed E-state index contributed by atoms with van der Waals surface area (Å²) >= 11 is 0. The lowest BCUT2D eigenvalue weighted by atomic mass is 10.1. The van der Waals surface area contributed by atoms with Crippen LogP contribution in [0, 0.1) is 0 Å². The molecule has 0 aliphatic carbocycles. The van der Waals surface area contributed by atoms with Gasteiger partial charge in [-0.05, 0) is 23.8 Å². The Bertz CT molecular complexity index is 1040. The molecule has 0 unspecified atom stereocenters. The van der Waals surface area contributed by atoms with Crippen LogP contribution in [0.15, 0.2) is 53.3 Å². The molecule has 0 aliphatic rings. The molecule has 2 aromatic carbocycles. The lowest BCUT2D eigenvalue weighted by molar-refractivity contribution is -0.138. The highest BCUT2D eigenvalue weighted by Crippen LogP contribution is 2.29. The number of hydrogen-bond acceptors (Lipinski definition) is 3. The Hall–Kier alpha value is -3.16. The average Bonchev–Trinajstić information content (AvgIpc) is 2.61. The summed E-state index contributed by atoms with van der Waals surface area (Å²) in [5.41, 5.74) is -0.332. The van der Waals surface area contributed by atoms with E-state index in [9.17, 15) is 22.8 Å². The maximum Gasteiger partial charge on any atom is 0.416 e. The molecule has 1 amide bonds. The van der Waals surface area contributed by atoms with Crippen molar-refractivity contribution in [3.05, 3.63) is 75.8 Å². The number of benzene rings is 2. The molecular weight excluding hydrogens is 359 g/mol. The number of carbonyl (C=O) groups excluding carboxylic acids is 1. The van der Waals surface area contributed by atoms with Gasteiger partial charge in [0.05, 0.1) is 29.4 Å². The second-order valence-electron chi connectivity index (χ2n) is 6.15. The average molecular weight is 375 g/mol. The van der Waals surface area contributed by atoms with Crippen molar-refractivity contribution in [2.75, 3.05) is 7.05 Å². The number of H-pyrrole nitrogens is 1. The fourth-order valence-corrected chi connectivity index (χ4v) is 2.69. The summed E-state index contributed by atoms with van der Waals surface area (Å²) in [5.74, 6) is -0.0799. The number of likely N-dealkylation sites (N-methyl/N-ethyl adjacent to an activating group) is 1. The molecule has 140 valence electrons. The van der Waals surface area contributed by atoms with Crippen LogP contribution in [-0.2, 0) is 23.9 Å². The normalized spacial score (nSPS) is 11.6. The Morgan fingerprint density at radius 1 is 1.15 bits per heavy atom. The zero-order valence-corrected chi connectivity index (χ0v) is 14.4. The van der Waals surface area contributed by atoms with Gasteiger partial charge in [0, 0.05) is 7.05 Å². The number of nitrogens with zero attached hydrogens (tertiary/aromatic N) is 2. The molecule has 3 aromatic rings. The quantitative estimate of drug-likeness (QED) is 0.762. The van der Waals surface area contributed by atoms with Gasteiger partial charge in [0.1, 0.15) is 5.82 Å². The SMILES string of the molecule is CN(Cc1nc2ccccc2c(=O)[nH]1)C(=O)Cc1cccc(C(F)(F)F)c1. The third-order valence-corrected chi connectivity index (χ3v) is 4.08. The summed E-state index contributed by atoms with van der Waals surface area (Å²) < 4.78 is 38.3. The highest BCUT2D eigenvalue weighted by atomic mass is 19.4. The number of aromatic nitrogens is 2. The molecule has 1 aromatic heterocycles. The number of carbonyl (C=O) groups is 1. The number of fused-ring (bicyclic) bond motifs is 1. The predicted molar refractivity (Wildman–Crippen MR) is 94.0 cm³/mol. The van der Waals surface area contributed by atoms with E-state index in [0.29, 0.717) is 16.7 Å². The Balaban J connectivity index is 1.74. The van der Waals surface area contributed by atoms with Gasteiger partial charge >= 0.3 is 6.18 Å². The molecule has 0 saturated carbocycles. The third-order valence-electron chi connectivity index (χ3n) is 4.08. The van der Waals surface area contributed by atoms with E-state index in [2.05, 4.69) is 9.97 Å². The number of hydrogen-bond donors (Lipinski definition) is 1. The molecule has 0 radical (unpaired) electrons. The topological polar surface area (TPSA) is 66.1 Å². The zero-order chi connectivity index (χ0) is 19.6. The van der Waals surface area contributed by atoms with E-state index < -0.39 is 11.7 Å². The lowest BCUT2D eigenvalue weighted by Crippen LogP contribution is -2.29. The minimum atomic E-state index is -4.46. The van der Waals surface area contributed by atoms with Gasteiger partial charge in [0.2, 0.25) is 5.91 Å². The highest BCUT2D eigenvalue weighted by molar-refractivity contribution is 5.79. The van der Waals surface area contributed by atoms with Gasteiger partial charge in [0.25, 0.3) is 5.56 Å². The van der Waals surface area contributed by atoms with Crippen molar-refractivity contribution in [1.29, 1.82) is 0 Å². The molecule has 0 aliphatic heterocycles. The highest BCUT2D eigenvalue weighted by Gasteiger charge is 2.30. The number of amides is 1. The van der Waals surface area contributed by atoms with Crippen LogP contribution in [0.4, 0.5) is 13.2 Å². The van der Waals surface area contributed by atoms with Gasteiger partial charge in [-0.2, -0.15) is 13.2 Å². The monoisotopic (exact) mass is 375 g/mol. The number of para-hydroxylation sites is 1. The molecular formula is C19H16F3N3O2. The summed E-state index contributed by atoms with van der Waals surface area (Å²) in [5, 5.41) is 0.444. The number of aromatic amines is 1. The van der Waals surface area contributed by atoms with E-state index in [1.54, 1.807) is 24.3 Å². The van der Waals surface area contributed by atoms with Crippen molar-refractivity contribution in [2.24, 2.45) is 0 Å².